The van der Waals surface area contributed by atoms with Crippen molar-refractivity contribution < 1.29 is 22.7 Å². The molecule has 45 heavy (non-hydrogen) atoms. The number of aryl methyl sites for hydroxylation is 3. The molecule has 1 aliphatic heterocycles. The van der Waals surface area contributed by atoms with E-state index in [2.05, 4.69) is 37.6 Å². The molecular formula is C32H33F3N8O2. The van der Waals surface area contributed by atoms with E-state index in [1.54, 1.807) is 18.1 Å². The normalized spacial score (nSPS) is 12.6. The van der Waals surface area contributed by atoms with E-state index in [4.69, 9.17) is 4.98 Å². The van der Waals surface area contributed by atoms with E-state index in [-0.39, 0.29) is 17.3 Å². The maximum Gasteiger partial charge on any atom is 0.573 e. The van der Waals surface area contributed by atoms with Crippen LogP contribution in [0.3, 0.4) is 0 Å². The van der Waals surface area contributed by atoms with E-state index in [1.807, 2.05) is 44.2 Å². The quantitative estimate of drug-likeness (QED) is 0.209. The van der Waals surface area contributed by atoms with Crippen molar-refractivity contribution in [2.75, 3.05) is 49.8 Å². The van der Waals surface area contributed by atoms with E-state index in [1.165, 1.54) is 12.1 Å². The lowest BCUT2D eigenvalue weighted by Crippen LogP contribution is -2.29. The highest BCUT2D eigenvalue weighted by Crippen LogP contribution is 2.41. The number of nitrogens with one attached hydrogen (secondary N) is 2. The van der Waals surface area contributed by atoms with Gasteiger partial charge in [0.15, 0.2) is 5.75 Å². The zero-order chi connectivity index (χ0) is 32.5. The molecule has 0 saturated carbocycles. The van der Waals surface area contributed by atoms with Gasteiger partial charge in [-0.1, -0.05) is 12.6 Å². The molecule has 2 aromatic carbocycles. The molecule has 2 aromatic heterocycles. The molecule has 0 bridgehead atoms. The molecule has 3 heterocycles. The lowest BCUT2D eigenvalue weighted by atomic mass is 9.96. The van der Waals surface area contributed by atoms with Crippen molar-refractivity contribution in [3.63, 3.8) is 0 Å². The number of anilines is 4. The molecule has 10 nitrogen and oxygen atoms in total. The van der Waals surface area contributed by atoms with Crippen molar-refractivity contribution >= 4 is 39.8 Å². The van der Waals surface area contributed by atoms with Gasteiger partial charge >= 0.3 is 6.36 Å². The maximum atomic E-state index is 13.6. The van der Waals surface area contributed by atoms with E-state index in [0.717, 1.165) is 53.1 Å². The fraction of sp³-hybridized carbons (Fsp3) is 0.312. The van der Waals surface area contributed by atoms with Crippen molar-refractivity contribution in [2.45, 2.75) is 32.7 Å². The maximum absolute atomic E-state index is 13.6. The van der Waals surface area contributed by atoms with Crippen LogP contribution >= 0.6 is 0 Å². The Hall–Kier alpha value is -5.09. The number of ether oxygens (including phenoxy) is 1. The Bertz CT molecular complexity index is 1820. The standard InChI is InChI=1S/C32H33F3N8O2/c1-6-28(44)38-24-14-25(27(45-32(33,34)35)15-26(24)42(5)13-12-41(3)4)39-31-37-17-19(2)29(40-31)23-18-43-11-7-8-21-20(16-36)9-10-22(23)30(21)43/h6,9-10,14-15,17-18H,1,7-8,11-13H2,2-5H3,(H,38,44)(H,37,39,40). The summed E-state index contributed by atoms with van der Waals surface area (Å²) >= 11 is 0. The molecule has 5 rings (SSSR count). The van der Waals surface area contributed by atoms with Gasteiger partial charge < -0.3 is 29.7 Å². The number of carbonyl (C=O) groups excluding carboxylic acids is 1. The topological polar surface area (TPSA) is 111 Å². The van der Waals surface area contributed by atoms with E-state index < -0.39 is 18.0 Å². The summed E-state index contributed by atoms with van der Waals surface area (Å²) in [5, 5.41) is 16.1. The van der Waals surface area contributed by atoms with Gasteiger partial charge in [-0.3, -0.25) is 4.79 Å². The van der Waals surface area contributed by atoms with Crippen LogP contribution < -0.4 is 20.3 Å². The number of nitriles is 1. The number of amides is 1. The number of hydrogen-bond donors (Lipinski definition) is 2. The van der Waals surface area contributed by atoms with Gasteiger partial charge in [0.25, 0.3) is 0 Å². The summed E-state index contributed by atoms with van der Waals surface area (Å²) in [6.07, 6.45) is 1.36. The average Bonchev–Trinajstić information content (AvgIpc) is 3.37. The molecule has 0 saturated heterocycles. The summed E-state index contributed by atoms with van der Waals surface area (Å²) < 4.78 is 47.4. The first-order chi connectivity index (χ1) is 21.4. The molecule has 0 radical (unpaired) electrons. The second-order valence-corrected chi connectivity index (χ2v) is 11.1. The third-order valence-electron chi connectivity index (χ3n) is 7.63. The molecule has 0 aliphatic carbocycles. The lowest BCUT2D eigenvalue weighted by Gasteiger charge is -2.26. The molecule has 2 N–H and O–H groups in total. The van der Waals surface area contributed by atoms with Gasteiger partial charge in [0.1, 0.15) is 0 Å². The molecule has 13 heteroatoms. The predicted octanol–water partition coefficient (Wildman–Crippen LogP) is 5.99. The predicted molar refractivity (Wildman–Crippen MR) is 168 cm³/mol. The number of halogens is 3. The number of alkyl halides is 3. The van der Waals surface area contributed by atoms with Crippen molar-refractivity contribution in [1.82, 2.24) is 19.4 Å². The molecule has 4 aromatic rings. The molecule has 1 amide bonds. The summed E-state index contributed by atoms with van der Waals surface area (Å²) in [6.45, 7) is 7.19. The number of likely N-dealkylation sites (N-methyl/N-ethyl adjacent to an activating group) is 2. The fourth-order valence-corrected chi connectivity index (χ4v) is 5.46. The van der Waals surface area contributed by atoms with Crippen LogP contribution in [0.5, 0.6) is 5.75 Å². The van der Waals surface area contributed by atoms with Crippen LogP contribution in [0.4, 0.5) is 36.2 Å². The molecular weight excluding hydrogens is 585 g/mol. The van der Waals surface area contributed by atoms with Gasteiger partial charge in [-0.05, 0) is 63.2 Å². The summed E-state index contributed by atoms with van der Waals surface area (Å²) in [5.74, 6) is -1.02. The highest BCUT2D eigenvalue weighted by molar-refractivity contribution is 6.02. The highest BCUT2D eigenvalue weighted by Gasteiger charge is 2.33. The van der Waals surface area contributed by atoms with E-state index in [9.17, 15) is 23.2 Å². The van der Waals surface area contributed by atoms with Gasteiger partial charge in [0.05, 0.1) is 39.9 Å². The third-order valence-corrected chi connectivity index (χ3v) is 7.63. The first-order valence-electron chi connectivity index (χ1n) is 14.3. The van der Waals surface area contributed by atoms with Crippen LogP contribution in [-0.4, -0.2) is 65.9 Å². The summed E-state index contributed by atoms with van der Waals surface area (Å²) in [7, 11) is 5.47. The smallest absolute Gasteiger partial charge is 0.403 e. The second-order valence-electron chi connectivity index (χ2n) is 11.1. The van der Waals surface area contributed by atoms with Crippen molar-refractivity contribution in [2.24, 2.45) is 0 Å². The van der Waals surface area contributed by atoms with E-state index >= 15 is 0 Å². The van der Waals surface area contributed by atoms with Crippen LogP contribution in [-0.2, 0) is 17.8 Å². The number of carbonyl (C=O) groups is 1. The van der Waals surface area contributed by atoms with Gasteiger partial charge in [-0.2, -0.15) is 5.26 Å². The zero-order valence-corrected chi connectivity index (χ0v) is 25.4. The fourth-order valence-electron chi connectivity index (χ4n) is 5.46. The minimum atomic E-state index is -4.99. The van der Waals surface area contributed by atoms with Crippen molar-refractivity contribution in [3.8, 4) is 23.1 Å². The molecule has 234 valence electrons. The summed E-state index contributed by atoms with van der Waals surface area (Å²) in [5.41, 5.74) is 5.25. The SMILES string of the molecule is C=CC(=O)Nc1cc(Nc2ncc(C)c(-c3cn4c5c(c(C#N)ccc35)CCC4)n2)c(OC(F)(F)F)cc1N(C)CCN(C)C. The Kier molecular flexibility index (Phi) is 8.70. The Morgan fingerprint density at radius 2 is 2.00 bits per heavy atom. The number of rotatable bonds is 10. The van der Waals surface area contributed by atoms with Crippen LogP contribution in [0.1, 0.15) is 23.1 Å². The first-order valence-corrected chi connectivity index (χ1v) is 14.3. The van der Waals surface area contributed by atoms with Gasteiger partial charge in [0, 0.05) is 56.1 Å². The second kappa shape index (κ2) is 12.5. The monoisotopic (exact) mass is 618 g/mol. The Labute approximate surface area is 258 Å². The Morgan fingerprint density at radius 3 is 2.69 bits per heavy atom. The van der Waals surface area contributed by atoms with Gasteiger partial charge in [0.2, 0.25) is 11.9 Å². The van der Waals surface area contributed by atoms with Gasteiger partial charge in [-0.25, -0.2) is 9.97 Å². The zero-order valence-electron chi connectivity index (χ0n) is 25.4. The molecule has 1 aliphatic rings. The average molecular weight is 619 g/mol. The molecule has 0 unspecified atom stereocenters. The van der Waals surface area contributed by atoms with Crippen LogP contribution in [0, 0.1) is 18.3 Å². The summed E-state index contributed by atoms with van der Waals surface area (Å²) in [4.78, 5) is 25.0. The first kappa shape index (κ1) is 31.3. The minimum absolute atomic E-state index is 0.0296. The molecule has 0 atom stereocenters. The third kappa shape index (κ3) is 6.71. The van der Waals surface area contributed by atoms with Crippen LogP contribution in [0.2, 0.25) is 0 Å². The lowest BCUT2D eigenvalue weighted by molar-refractivity contribution is -0.274. The van der Waals surface area contributed by atoms with E-state index in [0.29, 0.717) is 30.0 Å². The van der Waals surface area contributed by atoms with Gasteiger partial charge in [-0.15, -0.1) is 13.2 Å². The van der Waals surface area contributed by atoms with Crippen molar-refractivity contribution in [1.29, 1.82) is 5.26 Å². The number of benzene rings is 2. The Balaban J connectivity index is 1.60. The summed E-state index contributed by atoms with van der Waals surface area (Å²) in [6, 6.07) is 8.57. The number of hydrogen-bond acceptors (Lipinski definition) is 8. The largest absolute Gasteiger partial charge is 0.573 e. The Morgan fingerprint density at radius 1 is 1.22 bits per heavy atom. The van der Waals surface area contributed by atoms with Crippen LogP contribution in [0.25, 0.3) is 22.2 Å². The number of nitrogens with zero attached hydrogens (tertiary/aromatic N) is 6. The van der Waals surface area contributed by atoms with Crippen LogP contribution in [0.15, 0.2) is 49.3 Å². The molecule has 0 fully saturated rings. The number of aromatic nitrogens is 3. The molecule has 0 spiro atoms. The van der Waals surface area contributed by atoms with Crippen molar-refractivity contribution in [3.05, 3.63) is 66.0 Å². The highest BCUT2D eigenvalue weighted by atomic mass is 19.4. The minimum Gasteiger partial charge on any atom is -0.403 e.